The number of para-hydroxylation sites is 3. The van der Waals surface area contributed by atoms with Gasteiger partial charge in [0.25, 0.3) is 0 Å². The summed E-state index contributed by atoms with van der Waals surface area (Å²) in [4.78, 5) is 0. The summed E-state index contributed by atoms with van der Waals surface area (Å²) in [6, 6.07) is 26.9. The SMILES string of the molecule is NP1(Oc2ccccc2)=NP(N)(Oc2ccccc2)=NP(N)(Oc2ccccc2)=N1. The molecule has 0 aromatic heterocycles. The molecular weight excluding hydrogens is 441 g/mol. The summed E-state index contributed by atoms with van der Waals surface area (Å²) in [5.41, 5.74) is 19.4. The standard InChI is InChI=1S/C18H21N6O3P3/c19-28(25-16-10-4-1-5-11-16)22-29(20,26-17-12-6-2-7-13-17)24-30(21,23-28)27-18-14-8-3-9-15-18/h1-15H,19-21H2. The molecule has 0 aliphatic carbocycles. The molecule has 0 unspecified atom stereocenters. The van der Waals surface area contributed by atoms with Gasteiger partial charge in [0, 0.05) is 0 Å². The molecule has 1 aliphatic rings. The Balaban J connectivity index is 1.80. The van der Waals surface area contributed by atoms with Crippen LogP contribution in [0.5, 0.6) is 17.2 Å². The highest BCUT2D eigenvalue weighted by Crippen LogP contribution is 2.71. The first-order chi connectivity index (χ1) is 14.4. The number of benzene rings is 3. The third kappa shape index (κ3) is 5.21. The van der Waals surface area contributed by atoms with Gasteiger partial charge in [-0.15, -0.1) is 13.5 Å². The van der Waals surface area contributed by atoms with Gasteiger partial charge in [-0.05, 0) is 36.4 Å². The van der Waals surface area contributed by atoms with Crippen molar-refractivity contribution in [1.82, 2.24) is 0 Å². The van der Waals surface area contributed by atoms with E-state index < -0.39 is 22.7 Å². The molecule has 3 aromatic carbocycles. The van der Waals surface area contributed by atoms with E-state index in [-0.39, 0.29) is 0 Å². The summed E-state index contributed by atoms with van der Waals surface area (Å²) in [5.74, 6) is 1.46. The van der Waals surface area contributed by atoms with Crippen molar-refractivity contribution in [3.63, 3.8) is 0 Å². The highest BCUT2D eigenvalue weighted by atomic mass is 31.3. The Morgan fingerprint density at radius 3 is 0.900 bits per heavy atom. The fourth-order valence-corrected chi connectivity index (χ4v) is 10.6. The van der Waals surface area contributed by atoms with Crippen LogP contribution in [-0.4, -0.2) is 0 Å². The van der Waals surface area contributed by atoms with Crippen molar-refractivity contribution in [1.29, 1.82) is 0 Å². The zero-order chi connectivity index (χ0) is 21.1. The lowest BCUT2D eigenvalue weighted by Crippen LogP contribution is -2.13. The van der Waals surface area contributed by atoms with Crippen LogP contribution in [0.25, 0.3) is 0 Å². The van der Waals surface area contributed by atoms with Crippen molar-refractivity contribution in [3.05, 3.63) is 91.0 Å². The van der Waals surface area contributed by atoms with Crippen molar-refractivity contribution < 1.29 is 13.6 Å². The quantitative estimate of drug-likeness (QED) is 0.386. The summed E-state index contributed by atoms with van der Waals surface area (Å²) >= 11 is 0. The van der Waals surface area contributed by atoms with Crippen molar-refractivity contribution in [2.24, 2.45) is 30.1 Å². The maximum Gasteiger partial charge on any atom is 0.331 e. The maximum absolute atomic E-state index is 6.48. The maximum atomic E-state index is 6.48. The topological polar surface area (TPSA) is 143 Å². The van der Waals surface area contributed by atoms with Gasteiger partial charge in [0.15, 0.2) is 0 Å². The van der Waals surface area contributed by atoms with E-state index in [2.05, 4.69) is 13.5 Å². The van der Waals surface area contributed by atoms with E-state index in [1.807, 2.05) is 54.6 Å². The van der Waals surface area contributed by atoms with Crippen LogP contribution in [-0.2, 0) is 0 Å². The van der Waals surface area contributed by atoms with Gasteiger partial charge in [-0.25, -0.2) is 16.5 Å². The van der Waals surface area contributed by atoms with Gasteiger partial charge >= 0.3 is 22.7 Å². The summed E-state index contributed by atoms with van der Waals surface area (Å²) in [7, 11) is -10.0. The van der Waals surface area contributed by atoms with E-state index in [0.717, 1.165) is 0 Å². The van der Waals surface area contributed by atoms with Crippen molar-refractivity contribution in [3.8, 4) is 17.2 Å². The molecule has 3 aromatic rings. The second-order valence-electron chi connectivity index (χ2n) is 6.25. The highest BCUT2D eigenvalue weighted by Gasteiger charge is 2.36. The first-order valence-corrected chi connectivity index (χ1v) is 13.9. The molecule has 12 heteroatoms. The van der Waals surface area contributed by atoms with E-state index in [1.54, 1.807) is 36.4 Å². The van der Waals surface area contributed by atoms with Crippen LogP contribution in [0.15, 0.2) is 105 Å². The van der Waals surface area contributed by atoms with Crippen molar-refractivity contribution in [2.45, 2.75) is 0 Å². The number of nitrogens with zero attached hydrogens (tertiary/aromatic N) is 3. The largest absolute Gasteiger partial charge is 0.431 e. The van der Waals surface area contributed by atoms with Crippen LogP contribution >= 0.6 is 22.7 Å². The van der Waals surface area contributed by atoms with E-state index in [0.29, 0.717) is 17.2 Å². The Labute approximate surface area is 174 Å². The van der Waals surface area contributed by atoms with E-state index in [4.69, 9.17) is 30.1 Å². The normalized spacial score (nSPS) is 27.7. The Bertz CT molecular complexity index is 1020. The number of rotatable bonds is 6. The number of hydrogen-bond acceptors (Lipinski definition) is 9. The lowest BCUT2D eigenvalue weighted by atomic mass is 10.3. The molecule has 0 saturated carbocycles. The number of hydrogen-bond donors (Lipinski definition) is 3. The van der Waals surface area contributed by atoms with Gasteiger partial charge in [-0.1, -0.05) is 54.6 Å². The molecular formula is C18H21N6O3P3. The Morgan fingerprint density at radius 2 is 0.667 bits per heavy atom. The summed E-state index contributed by atoms with van der Waals surface area (Å²) in [6.07, 6.45) is 0. The number of nitrogens with two attached hydrogens (primary N) is 3. The van der Waals surface area contributed by atoms with E-state index in [9.17, 15) is 0 Å². The second-order valence-corrected chi connectivity index (χ2v) is 12.5. The summed E-state index contributed by atoms with van der Waals surface area (Å²) in [6.45, 7) is 0. The third-order valence-corrected chi connectivity index (χ3v) is 11.3. The molecule has 0 radical (unpaired) electrons. The summed E-state index contributed by atoms with van der Waals surface area (Å²) < 4.78 is 31.1. The lowest BCUT2D eigenvalue weighted by molar-refractivity contribution is 0.580. The highest BCUT2D eigenvalue weighted by molar-refractivity contribution is 7.81. The molecule has 0 saturated heterocycles. The van der Waals surface area contributed by atoms with Gasteiger partial charge < -0.3 is 13.6 Å². The van der Waals surface area contributed by atoms with Crippen LogP contribution < -0.4 is 30.1 Å². The molecule has 6 N–H and O–H groups in total. The Kier molecular flexibility index (Phi) is 5.85. The first kappa shape index (κ1) is 20.9. The second kappa shape index (κ2) is 8.40. The van der Waals surface area contributed by atoms with Gasteiger partial charge in [0.2, 0.25) is 0 Å². The zero-order valence-corrected chi connectivity index (χ0v) is 18.5. The van der Waals surface area contributed by atoms with Gasteiger partial charge in [0.05, 0.1) is 0 Å². The van der Waals surface area contributed by atoms with Crippen molar-refractivity contribution >= 4 is 22.7 Å². The molecule has 0 amide bonds. The lowest BCUT2D eigenvalue weighted by Gasteiger charge is -2.29. The third-order valence-electron chi connectivity index (χ3n) is 3.72. The molecule has 1 heterocycles. The molecule has 0 fully saturated rings. The average Bonchev–Trinajstić information content (AvgIpc) is 2.68. The fraction of sp³-hybridized carbons (Fsp3) is 0. The fourth-order valence-electron chi connectivity index (χ4n) is 2.62. The Hall–Kier alpha value is -2.37. The van der Waals surface area contributed by atoms with E-state index in [1.165, 1.54) is 0 Å². The minimum Gasteiger partial charge on any atom is -0.431 e. The van der Waals surface area contributed by atoms with Crippen LogP contribution in [0.1, 0.15) is 0 Å². The van der Waals surface area contributed by atoms with Crippen LogP contribution in [0, 0.1) is 0 Å². The molecule has 4 rings (SSSR count). The molecule has 1 aliphatic heterocycles. The van der Waals surface area contributed by atoms with Gasteiger partial charge in [-0.3, -0.25) is 0 Å². The van der Waals surface area contributed by atoms with Crippen LogP contribution in [0.3, 0.4) is 0 Å². The smallest absolute Gasteiger partial charge is 0.331 e. The molecule has 0 bridgehead atoms. The van der Waals surface area contributed by atoms with Crippen LogP contribution in [0.4, 0.5) is 0 Å². The van der Waals surface area contributed by atoms with Crippen molar-refractivity contribution in [2.75, 3.05) is 0 Å². The predicted molar refractivity (Wildman–Crippen MR) is 122 cm³/mol. The van der Waals surface area contributed by atoms with E-state index >= 15 is 0 Å². The summed E-state index contributed by atoms with van der Waals surface area (Å²) in [5, 5.41) is 0. The molecule has 9 nitrogen and oxygen atoms in total. The Morgan fingerprint density at radius 1 is 0.433 bits per heavy atom. The molecule has 156 valence electrons. The minimum absolute atomic E-state index is 0.486. The zero-order valence-electron chi connectivity index (χ0n) is 15.8. The minimum atomic E-state index is -3.35. The monoisotopic (exact) mass is 462 g/mol. The molecule has 0 spiro atoms. The van der Waals surface area contributed by atoms with Crippen LogP contribution in [0.2, 0.25) is 0 Å². The molecule has 0 atom stereocenters. The molecule has 30 heavy (non-hydrogen) atoms. The van der Waals surface area contributed by atoms with Gasteiger partial charge in [0.1, 0.15) is 17.2 Å². The predicted octanol–water partition coefficient (Wildman–Crippen LogP) is 5.95. The first-order valence-electron chi connectivity index (χ1n) is 8.87. The average molecular weight is 462 g/mol. The van der Waals surface area contributed by atoms with Gasteiger partial charge in [-0.2, -0.15) is 0 Å².